The van der Waals surface area contributed by atoms with Crippen LogP contribution in [0, 0.1) is 12.7 Å². The number of hydrogen-bond donors (Lipinski definition) is 1. The zero-order valence-electron chi connectivity index (χ0n) is 12.1. The highest BCUT2D eigenvalue weighted by Gasteiger charge is 2.21. The summed E-state index contributed by atoms with van der Waals surface area (Å²) in [7, 11) is 0. The van der Waals surface area contributed by atoms with Crippen molar-refractivity contribution in [3.63, 3.8) is 0 Å². The average Bonchev–Trinajstić information content (AvgIpc) is 2.47. The second kappa shape index (κ2) is 6.92. The molecule has 0 aliphatic heterocycles. The van der Waals surface area contributed by atoms with Crippen LogP contribution in [0.15, 0.2) is 42.5 Å². The first-order chi connectivity index (χ1) is 10.0. The molecule has 0 aliphatic rings. The zero-order chi connectivity index (χ0) is 15.4. The summed E-state index contributed by atoms with van der Waals surface area (Å²) in [5.74, 6) is 0.0477. The van der Waals surface area contributed by atoms with Gasteiger partial charge in [-0.2, -0.15) is 0 Å². The summed E-state index contributed by atoms with van der Waals surface area (Å²) < 4.78 is 19.1. The van der Waals surface area contributed by atoms with E-state index in [4.69, 9.17) is 22.1 Å². The van der Waals surface area contributed by atoms with Crippen LogP contribution >= 0.6 is 11.6 Å². The third kappa shape index (κ3) is 3.96. The number of aryl methyl sites for hydroxylation is 1. The van der Waals surface area contributed by atoms with Crippen molar-refractivity contribution >= 4 is 11.6 Å². The van der Waals surface area contributed by atoms with Crippen LogP contribution in [0.1, 0.15) is 30.6 Å². The van der Waals surface area contributed by atoms with E-state index < -0.39 is 0 Å². The van der Waals surface area contributed by atoms with Crippen LogP contribution < -0.4 is 10.5 Å². The molecule has 2 unspecified atom stereocenters. The normalized spacial score (nSPS) is 13.8. The molecule has 0 radical (unpaired) electrons. The van der Waals surface area contributed by atoms with Crippen LogP contribution in [0.5, 0.6) is 5.75 Å². The maximum Gasteiger partial charge on any atom is 0.139 e. The molecule has 2 N–H and O–H groups in total. The molecule has 2 nitrogen and oxygen atoms in total. The van der Waals surface area contributed by atoms with Crippen molar-refractivity contribution in [2.45, 2.75) is 32.4 Å². The summed E-state index contributed by atoms with van der Waals surface area (Å²) in [5.41, 5.74) is 8.32. The lowest BCUT2D eigenvalue weighted by molar-refractivity contribution is 0.171. The number of nitrogens with two attached hydrogens (primary N) is 1. The van der Waals surface area contributed by atoms with E-state index in [0.29, 0.717) is 5.75 Å². The van der Waals surface area contributed by atoms with Crippen molar-refractivity contribution in [2.24, 2.45) is 5.73 Å². The summed E-state index contributed by atoms with van der Waals surface area (Å²) in [6.07, 6.45) is 0.440. The fourth-order valence-electron chi connectivity index (χ4n) is 2.08. The van der Waals surface area contributed by atoms with E-state index in [1.54, 1.807) is 0 Å². The third-order valence-corrected chi connectivity index (χ3v) is 3.71. The summed E-state index contributed by atoms with van der Waals surface area (Å²) >= 11 is 6.03. The van der Waals surface area contributed by atoms with Crippen LogP contribution in [0.2, 0.25) is 5.02 Å². The first-order valence-electron chi connectivity index (χ1n) is 6.95. The average molecular weight is 308 g/mol. The van der Waals surface area contributed by atoms with E-state index in [0.717, 1.165) is 12.0 Å². The Balaban J connectivity index is 2.30. The maximum absolute atomic E-state index is 13.1. The second-order valence-corrected chi connectivity index (χ2v) is 5.50. The molecular formula is C17H19ClFNO. The SMILES string of the molecule is CCC(N)C(Oc1ccc(F)cc1Cl)c1ccc(C)cc1. The highest BCUT2D eigenvalue weighted by atomic mass is 35.5. The first-order valence-corrected chi connectivity index (χ1v) is 7.33. The molecule has 2 atom stereocenters. The summed E-state index contributed by atoms with van der Waals surface area (Å²) in [4.78, 5) is 0. The number of ether oxygens (including phenoxy) is 1. The highest BCUT2D eigenvalue weighted by Crippen LogP contribution is 2.31. The van der Waals surface area contributed by atoms with Gasteiger partial charge in [-0.05, 0) is 37.1 Å². The van der Waals surface area contributed by atoms with Gasteiger partial charge >= 0.3 is 0 Å². The number of rotatable bonds is 5. The summed E-state index contributed by atoms with van der Waals surface area (Å²) in [6, 6.07) is 11.9. The van der Waals surface area contributed by atoms with Crippen molar-refractivity contribution < 1.29 is 9.13 Å². The van der Waals surface area contributed by atoms with Crippen molar-refractivity contribution in [2.75, 3.05) is 0 Å². The van der Waals surface area contributed by atoms with E-state index in [1.165, 1.54) is 23.8 Å². The summed E-state index contributed by atoms with van der Waals surface area (Å²) in [6.45, 7) is 4.03. The lowest BCUT2D eigenvalue weighted by Gasteiger charge is -2.25. The van der Waals surface area contributed by atoms with Crippen LogP contribution in [-0.4, -0.2) is 6.04 Å². The Labute approximate surface area is 129 Å². The number of hydrogen-bond acceptors (Lipinski definition) is 2. The van der Waals surface area contributed by atoms with Gasteiger partial charge in [0.1, 0.15) is 17.7 Å². The molecule has 2 rings (SSSR count). The molecule has 0 heterocycles. The van der Waals surface area contributed by atoms with Gasteiger partial charge in [-0.15, -0.1) is 0 Å². The van der Waals surface area contributed by atoms with E-state index in [2.05, 4.69) is 0 Å². The number of halogens is 2. The smallest absolute Gasteiger partial charge is 0.139 e. The molecule has 112 valence electrons. The minimum atomic E-state index is -0.390. The number of benzene rings is 2. The molecular weight excluding hydrogens is 289 g/mol. The van der Waals surface area contributed by atoms with E-state index >= 15 is 0 Å². The van der Waals surface area contributed by atoms with Crippen LogP contribution in [0.25, 0.3) is 0 Å². The van der Waals surface area contributed by atoms with Gasteiger partial charge in [-0.25, -0.2) is 4.39 Å². The van der Waals surface area contributed by atoms with Crippen molar-refractivity contribution in [3.05, 3.63) is 64.4 Å². The molecule has 21 heavy (non-hydrogen) atoms. The van der Waals surface area contributed by atoms with E-state index in [-0.39, 0.29) is 23.0 Å². The van der Waals surface area contributed by atoms with Gasteiger partial charge in [0.05, 0.1) is 5.02 Å². The third-order valence-electron chi connectivity index (χ3n) is 3.41. The monoisotopic (exact) mass is 307 g/mol. The van der Waals surface area contributed by atoms with Gasteiger partial charge in [-0.3, -0.25) is 0 Å². The fourth-order valence-corrected chi connectivity index (χ4v) is 2.29. The molecule has 0 fully saturated rings. The molecule has 0 amide bonds. The van der Waals surface area contributed by atoms with Gasteiger partial charge in [-0.1, -0.05) is 48.4 Å². The molecule has 0 saturated heterocycles. The minimum absolute atomic E-state index is 0.172. The van der Waals surface area contributed by atoms with Gasteiger partial charge in [0.15, 0.2) is 0 Å². The van der Waals surface area contributed by atoms with Gasteiger partial charge in [0.2, 0.25) is 0 Å². The van der Waals surface area contributed by atoms with Crippen molar-refractivity contribution in [3.8, 4) is 5.75 Å². The van der Waals surface area contributed by atoms with Crippen LogP contribution in [0.4, 0.5) is 4.39 Å². The van der Waals surface area contributed by atoms with Crippen molar-refractivity contribution in [1.29, 1.82) is 0 Å². The lowest BCUT2D eigenvalue weighted by Crippen LogP contribution is -2.31. The standard InChI is InChI=1S/C17H19ClFNO/c1-3-15(20)17(12-6-4-11(2)5-7-12)21-16-9-8-13(19)10-14(16)18/h4-10,15,17H,3,20H2,1-2H3. The lowest BCUT2D eigenvalue weighted by atomic mass is 10.00. The topological polar surface area (TPSA) is 35.2 Å². The first kappa shape index (κ1) is 15.8. The Hall–Kier alpha value is -1.58. The minimum Gasteiger partial charge on any atom is -0.483 e. The second-order valence-electron chi connectivity index (χ2n) is 5.10. The Kier molecular flexibility index (Phi) is 5.21. The Morgan fingerprint density at radius 1 is 1.19 bits per heavy atom. The predicted octanol–water partition coefficient (Wildman–Crippen LogP) is 4.64. The van der Waals surface area contributed by atoms with Crippen molar-refractivity contribution in [1.82, 2.24) is 0 Å². The molecule has 2 aromatic rings. The van der Waals surface area contributed by atoms with Crippen LogP contribution in [0.3, 0.4) is 0 Å². The Morgan fingerprint density at radius 2 is 1.86 bits per heavy atom. The van der Waals surface area contributed by atoms with E-state index in [1.807, 2.05) is 38.1 Å². The molecule has 4 heteroatoms. The largest absolute Gasteiger partial charge is 0.483 e. The molecule has 0 aromatic heterocycles. The molecule has 2 aromatic carbocycles. The Bertz CT molecular complexity index is 600. The fraction of sp³-hybridized carbons (Fsp3) is 0.294. The Morgan fingerprint density at radius 3 is 2.43 bits per heavy atom. The molecule has 0 spiro atoms. The van der Waals surface area contributed by atoms with E-state index in [9.17, 15) is 4.39 Å². The van der Waals surface area contributed by atoms with Gasteiger partial charge < -0.3 is 10.5 Å². The molecule has 0 aliphatic carbocycles. The summed E-state index contributed by atoms with van der Waals surface area (Å²) in [5, 5.41) is 0.246. The maximum atomic E-state index is 13.1. The molecule has 0 bridgehead atoms. The molecule has 0 saturated carbocycles. The van der Waals surface area contributed by atoms with Crippen LogP contribution in [-0.2, 0) is 0 Å². The zero-order valence-corrected chi connectivity index (χ0v) is 12.9. The predicted molar refractivity (Wildman–Crippen MR) is 84.2 cm³/mol. The van der Waals surface area contributed by atoms with Gasteiger partial charge in [0.25, 0.3) is 0 Å². The highest BCUT2D eigenvalue weighted by molar-refractivity contribution is 6.32. The quantitative estimate of drug-likeness (QED) is 0.873. The van der Waals surface area contributed by atoms with Gasteiger partial charge in [0, 0.05) is 6.04 Å².